The first kappa shape index (κ1) is 23.2. The lowest BCUT2D eigenvalue weighted by Gasteiger charge is -2.39. The second-order valence-electron chi connectivity index (χ2n) is 5.87. The molecule has 1 aliphatic rings. The standard InChI is InChI=1S/C15H23NO10S2/c1-24-9-4-2-8(3-5-9)6-11(16-26-28(21,22)23)27-15-14(20)13(19)12(18)10(7-17)25-15/h2-5,10,12-15,17-23H,6-7H2,1H3. The molecule has 0 aromatic heterocycles. The van der Waals surface area contributed by atoms with Gasteiger partial charge in [-0.3, -0.25) is 17.9 Å². The van der Waals surface area contributed by atoms with E-state index in [4.69, 9.17) is 23.1 Å². The van der Waals surface area contributed by atoms with Gasteiger partial charge < -0.3 is 29.9 Å². The monoisotopic (exact) mass is 441 g/mol. The number of hydrogen-bond donors (Lipinski definition) is 7. The molecule has 0 amide bonds. The summed E-state index contributed by atoms with van der Waals surface area (Å²) in [5, 5.41) is 42.7. The number of nitrogens with zero attached hydrogens (tertiary/aromatic N) is 1. The number of benzene rings is 1. The van der Waals surface area contributed by atoms with Crippen molar-refractivity contribution in [2.45, 2.75) is 36.3 Å². The summed E-state index contributed by atoms with van der Waals surface area (Å²) in [4.78, 5) is 0. The molecule has 160 valence electrons. The summed E-state index contributed by atoms with van der Waals surface area (Å²) in [6.07, 6.45) is -5.65. The molecule has 5 atom stereocenters. The predicted molar refractivity (Wildman–Crippen MR) is 102 cm³/mol. The van der Waals surface area contributed by atoms with Crippen molar-refractivity contribution < 1.29 is 47.8 Å². The Labute approximate surface area is 166 Å². The molecule has 5 unspecified atom stereocenters. The fourth-order valence-electron chi connectivity index (χ4n) is 2.40. The molecule has 13 heteroatoms. The van der Waals surface area contributed by atoms with E-state index in [1.54, 1.807) is 24.3 Å². The normalized spacial score (nSPS) is 29.4. The molecule has 1 aromatic rings. The molecule has 0 aliphatic carbocycles. The van der Waals surface area contributed by atoms with Crippen molar-refractivity contribution in [3.63, 3.8) is 0 Å². The van der Waals surface area contributed by atoms with E-state index in [-0.39, 0.29) is 11.5 Å². The van der Waals surface area contributed by atoms with Gasteiger partial charge >= 0.3 is 0 Å². The second kappa shape index (κ2) is 10.1. The Hall–Kier alpha value is -1.13. The summed E-state index contributed by atoms with van der Waals surface area (Å²) >= 11 is -3.60. The Morgan fingerprint density at radius 2 is 1.75 bits per heavy atom. The third-order valence-corrected chi connectivity index (χ3v) is 5.24. The average Bonchev–Trinajstić information content (AvgIpc) is 2.66. The van der Waals surface area contributed by atoms with Gasteiger partial charge in [0.05, 0.1) is 13.7 Å². The molecule has 11 nitrogen and oxygen atoms in total. The summed E-state index contributed by atoms with van der Waals surface area (Å²) in [5.74, 6) is 0.615. The Morgan fingerprint density at radius 3 is 2.29 bits per heavy atom. The third-order valence-electron chi connectivity index (χ3n) is 3.85. The topological polar surface area (TPSA) is 182 Å². The van der Waals surface area contributed by atoms with Crippen LogP contribution in [0.5, 0.6) is 5.75 Å². The summed E-state index contributed by atoms with van der Waals surface area (Å²) in [6.45, 7) is -0.597. The van der Waals surface area contributed by atoms with Crippen molar-refractivity contribution in [1.29, 1.82) is 0 Å². The Morgan fingerprint density at radius 1 is 1.11 bits per heavy atom. The summed E-state index contributed by atoms with van der Waals surface area (Å²) in [6, 6.07) is 6.79. The highest BCUT2D eigenvalue weighted by Crippen LogP contribution is 2.36. The van der Waals surface area contributed by atoms with Gasteiger partial charge in [0.25, 0.3) is 11.2 Å². The number of hydrogen-bond acceptors (Lipinski definition) is 12. The lowest BCUT2D eigenvalue weighted by molar-refractivity contribution is -0.205. The molecule has 1 aromatic carbocycles. The molecule has 0 bridgehead atoms. The lowest BCUT2D eigenvalue weighted by Crippen LogP contribution is -2.57. The van der Waals surface area contributed by atoms with Crippen LogP contribution in [-0.4, -0.2) is 82.7 Å². The Balaban J connectivity index is 2.18. The van der Waals surface area contributed by atoms with Crippen molar-refractivity contribution in [2.75, 3.05) is 13.7 Å². The average molecular weight is 441 g/mol. The number of aliphatic hydroxyl groups excluding tert-OH is 4. The van der Waals surface area contributed by atoms with Gasteiger partial charge in [-0.2, -0.15) is 0 Å². The minimum absolute atomic E-state index is 0.0588. The zero-order valence-corrected chi connectivity index (χ0v) is 16.4. The fourth-order valence-corrected chi connectivity index (χ4v) is 3.74. The Bertz CT molecular complexity index is 651. The second-order valence-corrected chi connectivity index (χ2v) is 8.13. The first-order valence-corrected chi connectivity index (χ1v) is 10.3. The first-order valence-electron chi connectivity index (χ1n) is 8.01. The molecule has 1 saturated heterocycles. The maximum atomic E-state index is 10.1. The molecule has 1 heterocycles. The van der Waals surface area contributed by atoms with E-state index in [1.807, 2.05) is 0 Å². The molecule has 1 aliphatic heterocycles. The van der Waals surface area contributed by atoms with E-state index < -0.39 is 47.6 Å². The van der Waals surface area contributed by atoms with E-state index >= 15 is 0 Å². The van der Waals surface area contributed by atoms with Crippen LogP contribution in [0.2, 0.25) is 0 Å². The third kappa shape index (κ3) is 6.45. The van der Waals surface area contributed by atoms with Crippen molar-refractivity contribution >= 4 is 28.0 Å². The maximum Gasteiger partial charge on any atom is 0.287 e. The number of oxime groups is 1. The van der Waals surface area contributed by atoms with Gasteiger partial charge in [0.1, 0.15) is 40.6 Å². The van der Waals surface area contributed by atoms with Gasteiger partial charge in [0.15, 0.2) is 0 Å². The van der Waals surface area contributed by atoms with E-state index in [0.717, 1.165) is 11.8 Å². The zero-order valence-electron chi connectivity index (χ0n) is 14.7. The zero-order chi connectivity index (χ0) is 20.9. The number of methoxy groups -OCH3 is 1. The van der Waals surface area contributed by atoms with Gasteiger partial charge in [0, 0.05) is 6.42 Å². The Kier molecular flexibility index (Phi) is 8.32. The van der Waals surface area contributed by atoms with Crippen molar-refractivity contribution in [2.24, 2.45) is 5.16 Å². The van der Waals surface area contributed by atoms with Gasteiger partial charge in [-0.05, 0) is 17.7 Å². The van der Waals surface area contributed by atoms with E-state index in [9.17, 15) is 20.4 Å². The van der Waals surface area contributed by atoms with Crippen LogP contribution in [-0.2, 0) is 15.4 Å². The number of thioether (sulfide) groups is 1. The lowest BCUT2D eigenvalue weighted by atomic mass is 10.0. The minimum atomic E-state index is -4.36. The van der Waals surface area contributed by atoms with Crippen LogP contribution in [0.1, 0.15) is 5.56 Å². The summed E-state index contributed by atoms with van der Waals surface area (Å²) < 4.78 is 41.6. The smallest absolute Gasteiger partial charge is 0.287 e. The van der Waals surface area contributed by atoms with Crippen LogP contribution >= 0.6 is 22.9 Å². The highest BCUT2D eigenvalue weighted by atomic mass is 32.3. The largest absolute Gasteiger partial charge is 0.497 e. The molecule has 28 heavy (non-hydrogen) atoms. The number of rotatable bonds is 7. The molecule has 2 rings (SSSR count). The maximum absolute atomic E-state index is 10.1. The van der Waals surface area contributed by atoms with Crippen molar-refractivity contribution in [3.8, 4) is 5.75 Å². The molecule has 1 fully saturated rings. The highest BCUT2D eigenvalue weighted by molar-refractivity contribution is 8.15. The van der Waals surface area contributed by atoms with Gasteiger partial charge in [-0.25, -0.2) is 0 Å². The first-order chi connectivity index (χ1) is 13.1. The van der Waals surface area contributed by atoms with Crippen LogP contribution in [0.3, 0.4) is 0 Å². The molecule has 0 saturated carbocycles. The molecular weight excluding hydrogens is 418 g/mol. The van der Waals surface area contributed by atoms with Gasteiger partial charge in [-0.1, -0.05) is 29.1 Å². The summed E-state index contributed by atoms with van der Waals surface area (Å²) in [7, 11) is 1.51. The molecule has 0 spiro atoms. The number of aliphatic hydroxyl groups is 4. The van der Waals surface area contributed by atoms with Crippen molar-refractivity contribution in [1.82, 2.24) is 0 Å². The van der Waals surface area contributed by atoms with E-state index in [2.05, 4.69) is 9.44 Å². The van der Waals surface area contributed by atoms with Crippen LogP contribution in [0.25, 0.3) is 0 Å². The molecule has 7 N–H and O–H groups in total. The SMILES string of the molecule is COc1ccc(CC(=NOS(O)(O)O)SC2OC(CO)C(O)C(O)C2O)cc1. The predicted octanol–water partition coefficient (Wildman–Crippen LogP) is 0.239. The minimum Gasteiger partial charge on any atom is -0.497 e. The summed E-state index contributed by atoms with van der Waals surface area (Å²) in [5.41, 5.74) is -0.453. The molecular formula is C15H23NO10S2. The number of ether oxygens (including phenoxy) is 2. The van der Waals surface area contributed by atoms with Crippen LogP contribution in [0.15, 0.2) is 29.4 Å². The molecule has 0 radical (unpaired) electrons. The van der Waals surface area contributed by atoms with Crippen LogP contribution in [0, 0.1) is 0 Å². The van der Waals surface area contributed by atoms with E-state index in [0.29, 0.717) is 11.3 Å². The van der Waals surface area contributed by atoms with Gasteiger partial charge in [0.2, 0.25) is 0 Å². The van der Waals surface area contributed by atoms with E-state index in [1.165, 1.54) is 7.11 Å². The van der Waals surface area contributed by atoms with Crippen LogP contribution < -0.4 is 4.74 Å². The highest BCUT2D eigenvalue weighted by Gasteiger charge is 2.44. The van der Waals surface area contributed by atoms with Gasteiger partial charge in [-0.15, -0.1) is 0 Å². The quantitative estimate of drug-likeness (QED) is 0.175. The van der Waals surface area contributed by atoms with Crippen molar-refractivity contribution in [3.05, 3.63) is 29.8 Å². The fraction of sp³-hybridized carbons (Fsp3) is 0.533. The van der Waals surface area contributed by atoms with Crippen LogP contribution in [0.4, 0.5) is 0 Å².